The number of nitrogens with one attached hydrogen (secondary N) is 1. The molecule has 1 aromatic rings. The predicted octanol–water partition coefficient (Wildman–Crippen LogP) is 2.61. The van der Waals surface area contributed by atoms with Gasteiger partial charge in [0, 0.05) is 6.42 Å². The number of benzene rings is 1. The number of carbonyl (C=O) groups is 1. The lowest BCUT2D eigenvalue weighted by Crippen LogP contribution is -2.52. The molecule has 1 aliphatic heterocycles. The number of Topliss-reactive ketones (excluding diaryl/α,β-unsaturated/α-hetero) is 1. The molecule has 1 atom stereocenters. The molecule has 1 fully saturated rings. The van der Waals surface area contributed by atoms with Crippen LogP contribution in [0.25, 0.3) is 0 Å². The molecular weight excluding hydrogens is 236 g/mol. The molecule has 0 saturated carbocycles. The highest BCUT2D eigenvalue weighted by Crippen LogP contribution is 2.22. The monoisotopic (exact) mass is 253 g/mol. The molecule has 2 rings (SSSR count). The molecule has 1 aromatic carbocycles. The average Bonchev–Trinajstić information content (AvgIpc) is 2.35. The van der Waals surface area contributed by atoms with Crippen LogP contribution in [0.4, 0.5) is 8.78 Å². The van der Waals surface area contributed by atoms with Crippen molar-refractivity contribution in [2.75, 3.05) is 6.54 Å². The molecule has 0 aliphatic carbocycles. The van der Waals surface area contributed by atoms with Crippen LogP contribution in [0.1, 0.15) is 31.7 Å². The van der Waals surface area contributed by atoms with E-state index in [4.69, 9.17) is 0 Å². The van der Waals surface area contributed by atoms with Crippen LogP contribution in [0.5, 0.6) is 0 Å². The Hall–Kier alpha value is -1.29. The van der Waals surface area contributed by atoms with E-state index in [1.54, 1.807) is 0 Å². The fraction of sp³-hybridized carbons (Fsp3) is 0.500. The molecule has 1 N–H and O–H groups in total. The topological polar surface area (TPSA) is 29.1 Å². The first-order valence-electron chi connectivity index (χ1n) is 6.23. The number of hydrogen-bond acceptors (Lipinski definition) is 2. The summed E-state index contributed by atoms with van der Waals surface area (Å²) < 4.78 is 25.9. The van der Waals surface area contributed by atoms with E-state index in [2.05, 4.69) is 5.32 Å². The SMILES string of the molecule is CC1(C(=O)Cc2ccc(F)c(F)c2)CCCCN1. The third-order valence-electron chi connectivity index (χ3n) is 3.58. The normalized spacial score (nSPS) is 23.9. The summed E-state index contributed by atoms with van der Waals surface area (Å²) in [4.78, 5) is 12.2. The second-order valence-corrected chi connectivity index (χ2v) is 5.06. The Bertz CT molecular complexity index is 453. The molecule has 98 valence electrons. The molecule has 1 heterocycles. The molecule has 0 bridgehead atoms. The number of rotatable bonds is 3. The van der Waals surface area contributed by atoms with Gasteiger partial charge in [0.25, 0.3) is 0 Å². The maximum atomic E-state index is 13.1. The summed E-state index contributed by atoms with van der Waals surface area (Å²) in [5.41, 5.74) is -0.00386. The molecule has 1 unspecified atom stereocenters. The van der Waals surface area contributed by atoms with Gasteiger partial charge >= 0.3 is 0 Å². The first-order chi connectivity index (χ1) is 8.51. The first-order valence-corrected chi connectivity index (χ1v) is 6.23. The average molecular weight is 253 g/mol. The summed E-state index contributed by atoms with van der Waals surface area (Å²) in [5.74, 6) is -1.75. The van der Waals surface area contributed by atoms with Gasteiger partial charge in [-0.15, -0.1) is 0 Å². The summed E-state index contributed by atoms with van der Waals surface area (Å²) in [6.07, 6.45) is 3.04. The van der Waals surface area contributed by atoms with Crippen molar-refractivity contribution < 1.29 is 13.6 Å². The molecule has 1 aliphatic rings. The van der Waals surface area contributed by atoms with Gasteiger partial charge in [0.15, 0.2) is 17.4 Å². The minimum atomic E-state index is -0.901. The molecule has 0 radical (unpaired) electrons. The lowest BCUT2D eigenvalue weighted by atomic mass is 9.84. The highest BCUT2D eigenvalue weighted by Gasteiger charge is 2.33. The van der Waals surface area contributed by atoms with Gasteiger partial charge in [-0.25, -0.2) is 8.78 Å². The lowest BCUT2D eigenvalue weighted by molar-refractivity contribution is -0.125. The van der Waals surface area contributed by atoms with E-state index in [0.717, 1.165) is 37.9 Å². The van der Waals surface area contributed by atoms with Crippen LogP contribution in [0.15, 0.2) is 18.2 Å². The Labute approximate surface area is 105 Å². The third kappa shape index (κ3) is 2.75. The number of carbonyl (C=O) groups excluding carboxylic acids is 1. The van der Waals surface area contributed by atoms with Crippen LogP contribution in [0, 0.1) is 11.6 Å². The van der Waals surface area contributed by atoms with Crippen LogP contribution >= 0.6 is 0 Å². The van der Waals surface area contributed by atoms with Crippen LogP contribution in [-0.2, 0) is 11.2 Å². The molecule has 0 amide bonds. The number of ketones is 1. The van der Waals surface area contributed by atoms with E-state index >= 15 is 0 Å². The van der Waals surface area contributed by atoms with Gasteiger partial charge in [0.2, 0.25) is 0 Å². The second kappa shape index (κ2) is 5.14. The Kier molecular flexibility index (Phi) is 3.76. The number of hydrogen-bond donors (Lipinski definition) is 1. The van der Waals surface area contributed by atoms with Crippen LogP contribution in [0.3, 0.4) is 0 Å². The van der Waals surface area contributed by atoms with Crippen LogP contribution in [0.2, 0.25) is 0 Å². The minimum absolute atomic E-state index is 0.0354. The van der Waals surface area contributed by atoms with Crippen molar-refractivity contribution in [2.45, 2.75) is 38.1 Å². The second-order valence-electron chi connectivity index (χ2n) is 5.06. The zero-order valence-electron chi connectivity index (χ0n) is 10.4. The molecule has 0 aromatic heterocycles. The van der Waals surface area contributed by atoms with Crippen molar-refractivity contribution in [3.63, 3.8) is 0 Å². The van der Waals surface area contributed by atoms with Crippen molar-refractivity contribution in [1.82, 2.24) is 5.32 Å². The van der Waals surface area contributed by atoms with Crippen molar-refractivity contribution in [2.24, 2.45) is 0 Å². The van der Waals surface area contributed by atoms with Crippen molar-refractivity contribution >= 4 is 5.78 Å². The quantitative estimate of drug-likeness (QED) is 0.897. The van der Waals surface area contributed by atoms with Crippen molar-refractivity contribution in [1.29, 1.82) is 0 Å². The van der Waals surface area contributed by atoms with Crippen molar-refractivity contribution in [3.8, 4) is 0 Å². The van der Waals surface area contributed by atoms with Gasteiger partial charge in [-0.2, -0.15) is 0 Å². The van der Waals surface area contributed by atoms with Crippen molar-refractivity contribution in [3.05, 3.63) is 35.4 Å². The maximum Gasteiger partial charge on any atom is 0.159 e. The molecular formula is C14H17F2NO. The fourth-order valence-corrected chi connectivity index (χ4v) is 2.32. The van der Waals surface area contributed by atoms with E-state index in [-0.39, 0.29) is 12.2 Å². The molecule has 4 heteroatoms. The molecule has 18 heavy (non-hydrogen) atoms. The Morgan fingerprint density at radius 2 is 2.11 bits per heavy atom. The smallest absolute Gasteiger partial charge is 0.159 e. The van der Waals surface area contributed by atoms with Gasteiger partial charge in [0.05, 0.1) is 5.54 Å². The molecule has 2 nitrogen and oxygen atoms in total. The summed E-state index contributed by atoms with van der Waals surface area (Å²) in [5, 5.41) is 3.22. The van der Waals surface area contributed by atoms with E-state index in [1.807, 2.05) is 6.92 Å². The van der Waals surface area contributed by atoms with Gasteiger partial charge < -0.3 is 5.32 Å². The summed E-state index contributed by atoms with van der Waals surface area (Å²) in [6.45, 7) is 2.72. The number of halogens is 2. The van der Waals surface area contributed by atoms with Crippen LogP contribution in [-0.4, -0.2) is 17.9 Å². The Morgan fingerprint density at radius 3 is 2.72 bits per heavy atom. The van der Waals surface area contributed by atoms with Gasteiger partial charge in [0.1, 0.15) is 0 Å². The predicted molar refractivity (Wildman–Crippen MR) is 65.3 cm³/mol. The van der Waals surface area contributed by atoms with E-state index in [1.165, 1.54) is 6.07 Å². The molecule has 0 spiro atoms. The first kappa shape index (κ1) is 13.1. The fourth-order valence-electron chi connectivity index (χ4n) is 2.32. The van der Waals surface area contributed by atoms with Crippen LogP contribution < -0.4 is 5.32 Å². The zero-order valence-corrected chi connectivity index (χ0v) is 10.4. The Balaban J connectivity index is 2.08. The minimum Gasteiger partial charge on any atom is -0.305 e. The van der Waals surface area contributed by atoms with E-state index in [9.17, 15) is 13.6 Å². The Morgan fingerprint density at radius 1 is 1.33 bits per heavy atom. The highest BCUT2D eigenvalue weighted by molar-refractivity contribution is 5.89. The summed E-state index contributed by atoms with van der Waals surface area (Å²) in [6, 6.07) is 3.62. The summed E-state index contributed by atoms with van der Waals surface area (Å²) in [7, 11) is 0. The van der Waals surface area contributed by atoms with Gasteiger partial charge in [-0.1, -0.05) is 6.07 Å². The number of piperidine rings is 1. The zero-order chi connectivity index (χ0) is 13.2. The van der Waals surface area contributed by atoms with E-state index in [0.29, 0.717) is 5.56 Å². The lowest BCUT2D eigenvalue weighted by Gasteiger charge is -2.33. The van der Waals surface area contributed by atoms with Gasteiger partial charge in [-0.05, 0) is 50.4 Å². The highest BCUT2D eigenvalue weighted by atomic mass is 19.2. The standard InChI is InChI=1S/C14H17F2NO/c1-14(6-2-3-7-17-14)13(18)9-10-4-5-11(15)12(16)8-10/h4-5,8,17H,2-3,6-7,9H2,1H3. The maximum absolute atomic E-state index is 13.1. The largest absolute Gasteiger partial charge is 0.305 e. The van der Waals surface area contributed by atoms with E-state index < -0.39 is 17.2 Å². The van der Waals surface area contributed by atoms with Gasteiger partial charge in [-0.3, -0.25) is 4.79 Å². The summed E-state index contributed by atoms with van der Waals surface area (Å²) >= 11 is 0. The molecule has 1 saturated heterocycles. The third-order valence-corrected chi connectivity index (χ3v) is 3.58.